The molecule has 0 aromatic carbocycles. The molecule has 0 radical (unpaired) electrons. The third-order valence-corrected chi connectivity index (χ3v) is 3.25. The van der Waals surface area contributed by atoms with E-state index in [0.717, 1.165) is 19.0 Å². The molecule has 1 unspecified atom stereocenters. The molecule has 1 nitrogen and oxygen atoms in total. The van der Waals surface area contributed by atoms with E-state index in [4.69, 9.17) is 0 Å². The van der Waals surface area contributed by atoms with Crippen molar-refractivity contribution in [1.29, 1.82) is 0 Å². The van der Waals surface area contributed by atoms with Crippen molar-refractivity contribution < 1.29 is 8.78 Å². The molecule has 0 aromatic heterocycles. The molecule has 0 aliphatic heterocycles. The average Bonchev–Trinajstić information content (AvgIpc) is 2.20. The third-order valence-electron chi connectivity index (χ3n) is 2.82. The van der Waals surface area contributed by atoms with E-state index in [1.54, 1.807) is 6.08 Å². The maximum atomic E-state index is 13.4. The number of nitrogens with zero attached hydrogens (tertiary/aromatic N) is 1. The summed E-state index contributed by atoms with van der Waals surface area (Å²) in [7, 11) is 3.83. The van der Waals surface area contributed by atoms with Crippen LogP contribution in [-0.4, -0.2) is 24.9 Å². The second-order valence-corrected chi connectivity index (χ2v) is 5.63. The fraction of sp³-hybridized carbons (Fsp3) is 0.571. The van der Waals surface area contributed by atoms with Crippen LogP contribution in [0.4, 0.5) is 8.78 Å². The SMILES string of the molecule is C=C(Br)/C(=C\C=C(/C(C)CC)N(C)C)C(C)(F)F. The summed E-state index contributed by atoms with van der Waals surface area (Å²) < 4.78 is 27.0. The first kappa shape index (κ1) is 17.4. The van der Waals surface area contributed by atoms with Gasteiger partial charge in [0, 0.05) is 36.8 Å². The van der Waals surface area contributed by atoms with Crippen LogP contribution in [0, 0.1) is 5.92 Å². The Balaban J connectivity index is 5.41. The van der Waals surface area contributed by atoms with Crippen molar-refractivity contribution in [1.82, 2.24) is 4.90 Å². The second-order valence-electron chi connectivity index (χ2n) is 4.67. The number of allylic oxidation sites excluding steroid dienone is 5. The summed E-state index contributed by atoms with van der Waals surface area (Å²) in [4.78, 5) is 1.95. The van der Waals surface area contributed by atoms with Gasteiger partial charge >= 0.3 is 0 Å². The van der Waals surface area contributed by atoms with Crippen LogP contribution in [0.15, 0.2) is 34.5 Å². The van der Waals surface area contributed by atoms with Crippen LogP contribution in [0.2, 0.25) is 0 Å². The lowest BCUT2D eigenvalue weighted by molar-refractivity contribution is 0.0672. The number of alkyl halides is 2. The fourth-order valence-corrected chi connectivity index (χ4v) is 2.09. The van der Waals surface area contributed by atoms with E-state index < -0.39 is 5.92 Å². The van der Waals surface area contributed by atoms with Crippen molar-refractivity contribution in [2.75, 3.05) is 14.1 Å². The zero-order chi connectivity index (χ0) is 14.5. The third kappa shape index (κ3) is 5.34. The summed E-state index contributed by atoms with van der Waals surface area (Å²) in [6, 6.07) is 0. The standard InChI is InChI=1S/C14H22BrF2N/c1-7-10(2)13(18(5)6)9-8-12(11(3)15)14(4,16)17/h8-10H,3,7H2,1-2,4-6H3/b12-8+,13-9+. The lowest BCUT2D eigenvalue weighted by Gasteiger charge is -2.22. The molecule has 104 valence electrons. The Morgan fingerprint density at radius 3 is 2.17 bits per heavy atom. The summed E-state index contributed by atoms with van der Waals surface area (Å²) >= 11 is 3.03. The van der Waals surface area contributed by atoms with E-state index in [1.165, 1.54) is 6.08 Å². The van der Waals surface area contributed by atoms with Crippen molar-refractivity contribution in [2.24, 2.45) is 5.92 Å². The molecule has 18 heavy (non-hydrogen) atoms. The van der Waals surface area contributed by atoms with Crippen LogP contribution in [0.1, 0.15) is 27.2 Å². The highest BCUT2D eigenvalue weighted by Gasteiger charge is 2.28. The molecule has 0 aliphatic rings. The molecule has 0 rings (SSSR count). The van der Waals surface area contributed by atoms with E-state index in [-0.39, 0.29) is 10.1 Å². The normalized spacial score (nSPS) is 15.6. The zero-order valence-electron chi connectivity index (χ0n) is 11.7. The molecule has 0 spiro atoms. The van der Waals surface area contributed by atoms with Crippen LogP contribution in [0.5, 0.6) is 0 Å². The minimum atomic E-state index is -2.90. The predicted molar refractivity (Wildman–Crippen MR) is 78.0 cm³/mol. The Labute approximate surface area is 117 Å². The van der Waals surface area contributed by atoms with E-state index in [1.807, 2.05) is 19.0 Å². The van der Waals surface area contributed by atoms with Gasteiger partial charge in [-0.15, -0.1) is 0 Å². The summed E-state index contributed by atoms with van der Waals surface area (Å²) in [5.41, 5.74) is 0.929. The van der Waals surface area contributed by atoms with Crippen LogP contribution in [-0.2, 0) is 0 Å². The highest BCUT2D eigenvalue weighted by molar-refractivity contribution is 9.11. The maximum Gasteiger partial charge on any atom is 0.271 e. The van der Waals surface area contributed by atoms with Gasteiger partial charge in [-0.1, -0.05) is 42.4 Å². The van der Waals surface area contributed by atoms with Crippen LogP contribution in [0.25, 0.3) is 0 Å². The Bertz CT molecular complexity index is 351. The van der Waals surface area contributed by atoms with E-state index >= 15 is 0 Å². The topological polar surface area (TPSA) is 3.24 Å². The smallest absolute Gasteiger partial charge is 0.271 e. The number of hydrogen-bond acceptors (Lipinski definition) is 1. The largest absolute Gasteiger partial charge is 0.381 e. The van der Waals surface area contributed by atoms with Crippen molar-refractivity contribution in [3.05, 3.63) is 34.5 Å². The Hall–Kier alpha value is -0.640. The van der Waals surface area contributed by atoms with Crippen LogP contribution >= 0.6 is 15.9 Å². The summed E-state index contributed by atoms with van der Waals surface area (Å²) in [6.45, 7) is 8.56. The van der Waals surface area contributed by atoms with Crippen molar-refractivity contribution in [2.45, 2.75) is 33.1 Å². The lowest BCUT2D eigenvalue weighted by Crippen LogP contribution is -2.17. The lowest BCUT2D eigenvalue weighted by atomic mass is 10.0. The highest BCUT2D eigenvalue weighted by atomic mass is 79.9. The monoisotopic (exact) mass is 321 g/mol. The molecular formula is C14H22BrF2N. The van der Waals surface area contributed by atoms with Gasteiger partial charge in [-0.3, -0.25) is 0 Å². The first-order chi connectivity index (χ1) is 8.11. The minimum absolute atomic E-state index is 0.0925. The number of hydrogen-bond donors (Lipinski definition) is 0. The molecule has 0 aliphatic carbocycles. The fourth-order valence-electron chi connectivity index (χ4n) is 1.61. The van der Waals surface area contributed by atoms with Gasteiger partial charge in [0.1, 0.15) is 0 Å². The van der Waals surface area contributed by atoms with Crippen LogP contribution < -0.4 is 0 Å². The van der Waals surface area contributed by atoms with Crippen molar-refractivity contribution >= 4 is 15.9 Å². The molecule has 1 atom stereocenters. The first-order valence-corrected chi connectivity index (χ1v) is 6.72. The van der Waals surface area contributed by atoms with Gasteiger partial charge < -0.3 is 4.90 Å². The second kappa shape index (κ2) is 7.07. The highest BCUT2D eigenvalue weighted by Crippen LogP contribution is 2.32. The molecule has 0 amide bonds. The molecule has 4 heteroatoms. The zero-order valence-corrected chi connectivity index (χ0v) is 13.3. The number of halogens is 3. The Morgan fingerprint density at radius 1 is 1.39 bits per heavy atom. The minimum Gasteiger partial charge on any atom is -0.381 e. The van der Waals surface area contributed by atoms with Gasteiger partial charge in [0.25, 0.3) is 5.92 Å². The maximum absolute atomic E-state index is 13.4. The molecular weight excluding hydrogens is 300 g/mol. The van der Waals surface area contributed by atoms with Gasteiger partial charge in [0.05, 0.1) is 0 Å². The number of rotatable bonds is 6. The van der Waals surface area contributed by atoms with Gasteiger partial charge in [0.15, 0.2) is 0 Å². The van der Waals surface area contributed by atoms with E-state index in [0.29, 0.717) is 5.92 Å². The van der Waals surface area contributed by atoms with Gasteiger partial charge in [-0.05, 0) is 18.4 Å². The quantitative estimate of drug-likeness (QED) is 0.624. The Morgan fingerprint density at radius 2 is 1.89 bits per heavy atom. The van der Waals surface area contributed by atoms with Gasteiger partial charge in [-0.2, -0.15) is 0 Å². The predicted octanol–water partition coefficient (Wildman–Crippen LogP) is 4.97. The molecule has 0 fully saturated rings. The molecule has 0 saturated heterocycles. The molecule has 0 N–H and O–H groups in total. The average molecular weight is 322 g/mol. The summed E-state index contributed by atoms with van der Waals surface area (Å²) in [6.07, 6.45) is 4.15. The molecule has 0 aromatic rings. The summed E-state index contributed by atoms with van der Waals surface area (Å²) in [5, 5.41) is 0. The summed E-state index contributed by atoms with van der Waals surface area (Å²) in [5.74, 6) is -2.57. The van der Waals surface area contributed by atoms with Gasteiger partial charge in [0.2, 0.25) is 0 Å². The molecule has 0 heterocycles. The van der Waals surface area contributed by atoms with Crippen molar-refractivity contribution in [3.8, 4) is 0 Å². The van der Waals surface area contributed by atoms with Gasteiger partial charge in [-0.25, -0.2) is 8.78 Å². The van der Waals surface area contributed by atoms with Crippen molar-refractivity contribution in [3.63, 3.8) is 0 Å². The molecule has 0 bridgehead atoms. The first-order valence-electron chi connectivity index (χ1n) is 5.93. The van der Waals surface area contributed by atoms with E-state index in [2.05, 4.69) is 36.4 Å². The van der Waals surface area contributed by atoms with Crippen LogP contribution in [0.3, 0.4) is 0 Å². The molecule has 0 saturated carbocycles. The Kier molecular flexibility index (Phi) is 6.82. The van der Waals surface area contributed by atoms with E-state index in [9.17, 15) is 8.78 Å².